The number of esters is 2. The van der Waals surface area contributed by atoms with Gasteiger partial charge in [0, 0.05) is 20.5 Å². The molecule has 2 aromatic heterocycles. The average Bonchev–Trinajstić information content (AvgIpc) is 3.50. The molecule has 0 saturated heterocycles. The summed E-state index contributed by atoms with van der Waals surface area (Å²) in [6.07, 6.45) is 3.67. The molecule has 2 amide bonds. The van der Waals surface area contributed by atoms with Gasteiger partial charge in [0.25, 0.3) is 0 Å². The summed E-state index contributed by atoms with van der Waals surface area (Å²) in [5.41, 5.74) is 3.74. The lowest BCUT2D eigenvalue weighted by atomic mass is 9.88. The SMILES string of the molecule is CCOC(=O)c1c(NC(=O)C(=O)N/N=C\c2ccccc2OC(=O)c2sc3ccccc3c2Cl)sc2c1CC[C@H](C)C2. The van der Waals surface area contributed by atoms with E-state index in [4.69, 9.17) is 21.1 Å². The van der Waals surface area contributed by atoms with Crippen molar-refractivity contribution in [3.8, 4) is 5.75 Å². The van der Waals surface area contributed by atoms with Crippen LogP contribution in [0.2, 0.25) is 5.02 Å². The van der Waals surface area contributed by atoms with E-state index in [1.54, 1.807) is 31.2 Å². The largest absolute Gasteiger partial charge is 0.462 e. The molecule has 1 aliphatic carbocycles. The standard InChI is InChI=1S/C30H26ClN3O6S2/c1-3-39-29(37)23-18-13-12-16(2)14-22(18)42-28(23)33-26(35)27(36)34-32-15-17-8-4-6-10-20(17)40-30(38)25-24(31)19-9-5-7-11-21(19)41-25/h4-11,15-16H,3,12-14H2,1-2H3,(H,33,35)(H,34,36)/b32-15-/t16-/m0/s1. The first-order valence-corrected chi connectivity index (χ1v) is 15.2. The van der Waals surface area contributed by atoms with Crippen LogP contribution in [0, 0.1) is 5.92 Å². The van der Waals surface area contributed by atoms with Crippen molar-refractivity contribution < 1.29 is 28.7 Å². The molecule has 1 atom stereocenters. The fourth-order valence-electron chi connectivity index (χ4n) is 4.60. The molecular formula is C30H26ClN3O6S2. The molecule has 0 spiro atoms. The van der Waals surface area contributed by atoms with Crippen molar-refractivity contribution in [1.82, 2.24) is 5.43 Å². The number of halogens is 1. The highest BCUT2D eigenvalue weighted by atomic mass is 35.5. The van der Waals surface area contributed by atoms with Gasteiger partial charge >= 0.3 is 23.8 Å². The van der Waals surface area contributed by atoms with Gasteiger partial charge in [-0.1, -0.05) is 48.9 Å². The highest BCUT2D eigenvalue weighted by Gasteiger charge is 2.30. The molecule has 0 unspecified atom stereocenters. The third kappa shape index (κ3) is 6.23. The Hall–Kier alpha value is -4.06. The monoisotopic (exact) mass is 623 g/mol. The molecule has 0 saturated carbocycles. The molecular weight excluding hydrogens is 598 g/mol. The Morgan fingerprint density at radius 1 is 1.05 bits per heavy atom. The fraction of sp³-hybridized carbons (Fsp3) is 0.233. The van der Waals surface area contributed by atoms with Gasteiger partial charge in [-0.2, -0.15) is 5.10 Å². The van der Waals surface area contributed by atoms with E-state index in [9.17, 15) is 19.2 Å². The second kappa shape index (κ2) is 12.8. The fourth-order valence-corrected chi connectivity index (χ4v) is 7.38. The maximum Gasteiger partial charge on any atom is 0.355 e. The summed E-state index contributed by atoms with van der Waals surface area (Å²) in [5.74, 6) is -2.53. The third-order valence-electron chi connectivity index (χ3n) is 6.64. The van der Waals surface area contributed by atoms with E-state index < -0.39 is 23.8 Å². The maximum atomic E-state index is 12.9. The summed E-state index contributed by atoms with van der Waals surface area (Å²) in [4.78, 5) is 52.2. The molecule has 0 radical (unpaired) electrons. The van der Waals surface area contributed by atoms with Crippen LogP contribution >= 0.6 is 34.3 Å². The number of rotatable bonds is 7. The molecule has 0 aliphatic heterocycles. The number of anilines is 1. The van der Waals surface area contributed by atoms with E-state index in [2.05, 4.69) is 22.8 Å². The highest BCUT2D eigenvalue weighted by Crippen LogP contribution is 2.40. The van der Waals surface area contributed by atoms with Gasteiger partial charge in [0.05, 0.1) is 23.4 Å². The van der Waals surface area contributed by atoms with Crippen molar-refractivity contribution in [1.29, 1.82) is 0 Å². The van der Waals surface area contributed by atoms with Crippen LogP contribution in [0.25, 0.3) is 10.1 Å². The molecule has 2 heterocycles. The molecule has 4 aromatic rings. The van der Waals surface area contributed by atoms with Crippen LogP contribution in [0.5, 0.6) is 5.75 Å². The van der Waals surface area contributed by atoms with Crippen molar-refractivity contribution >= 4 is 79.3 Å². The zero-order valence-electron chi connectivity index (χ0n) is 22.7. The predicted octanol–water partition coefficient (Wildman–Crippen LogP) is 6.23. The van der Waals surface area contributed by atoms with Crippen molar-refractivity contribution in [3.05, 3.63) is 80.0 Å². The van der Waals surface area contributed by atoms with E-state index in [-0.39, 0.29) is 22.2 Å². The normalized spacial score (nSPS) is 14.4. The molecule has 9 nitrogen and oxygen atoms in total. The van der Waals surface area contributed by atoms with Crippen LogP contribution in [0.4, 0.5) is 5.00 Å². The Morgan fingerprint density at radius 2 is 1.81 bits per heavy atom. The zero-order valence-corrected chi connectivity index (χ0v) is 25.1. The van der Waals surface area contributed by atoms with Gasteiger partial charge in [0.15, 0.2) is 0 Å². The first-order chi connectivity index (χ1) is 20.3. The molecule has 216 valence electrons. The van der Waals surface area contributed by atoms with Gasteiger partial charge in [0.2, 0.25) is 0 Å². The number of carbonyl (C=O) groups excluding carboxylic acids is 4. The van der Waals surface area contributed by atoms with Gasteiger partial charge in [-0.3, -0.25) is 9.59 Å². The minimum absolute atomic E-state index is 0.191. The third-order valence-corrected chi connectivity index (χ3v) is 9.46. The lowest BCUT2D eigenvalue weighted by molar-refractivity contribution is -0.136. The van der Waals surface area contributed by atoms with Crippen LogP contribution in [-0.2, 0) is 27.2 Å². The number of para-hydroxylation sites is 1. The highest BCUT2D eigenvalue weighted by molar-refractivity contribution is 7.21. The Balaban J connectivity index is 1.26. The number of amides is 2. The van der Waals surface area contributed by atoms with Gasteiger partial charge in [0.1, 0.15) is 15.6 Å². The molecule has 0 bridgehead atoms. The minimum atomic E-state index is -1.03. The van der Waals surface area contributed by atoms with Gasteiger partial charge in [-0.15, -0.1) is 22.7 Å². The lowest BCUT2D eigenvalue weighted by Gasteiger charge is -2.18. The number of fused-ring (bicyclic) bond motifs is 2. The number of hydrazone groups is 1. The summed E-state index contributed by atoms with van der Waals surface area (Å²) >= 11 is 8.93. The van der Waals surface area contributed by atoms with Gasteiger partial charge in [-0.25, -0.2) is 15.0 Å². The molecule has 1 aliphatic rings. The lowest BCUT2D eigenvalue weighted by Crippen LogP contribution is -2.32. The summed E-state index contributed by atoms with van der Waals surface area (Å²) in [6, 6.07) is 14.0. The number of hydrogen-bond donors (Lipinski definition) is 2. The first-order valence-electron chi connectivity index (χ1n) is 13.2. The quantitative estimate of drug-likeness (QED) is 0.0828. The minimum Gasteiger partial charge on any atom is -0.462 e. The molecule has 12 heteroatoms. The van der Waals surface area contributed by atoms with E-state index >= 15 is 0 Å². The Bertz CT molecular complexity index is 1730. The number of thiophene rings is 2. The number of hydrogen-bond acceptors (Lipinski definition) is 9. The summed E-state index contributed by atoms with van der Waals surface area (Å²) < 4.78 is 11.7. The molecule has 2 N–H and O–H groups in total. The van der Waals surface area contributed by atoms with E-state index in [1.165, 1.54) is 28.9 Å². The van der Waals surface area contributed by atoms with Crippen LogP contribution in [0.3, 0.4) is 0 Å². The summed E-state index contributed by atoms with van der Waals surface area (Å²) in [5, 5.41) is 7.79. The van der Waals surface area contributed by atoms with Crippen LogP contribution in [-0.4, -0.2) is 36.6 Å². The topological polar surface area (TPSA) is 123 Å². The molecule has 2 aromatic carbocycles. The predicted molar refractivity (Wildman–Crippen MR) is 164 cm³/mol. The van der Waals surface area contributed by atoms with E-state index in [1.807, 2.05) is 24.3 Å². The number of nitrogens with zero attached hydrogens (tertiary/aromatic N) is 1. The molecule has 42 heavy (non-hydrogen) atoms. The van der Waals surface area contributed by atoms with Crippen LogP contribution in [0.15, 0.2) is 53.6 Å². The number of nitrogens with one attached hydrogen (secondary N) is 2. The van der Waals surface area contributed by atoms with Crippen molar-refractivity contribution in [2.24, 2.45) is 11.0 Å². The first kappa shape index (κ1) is 29.4. The summed E-state index contributed by atoms with van der Waals surface area (Å²) in [7, 11) is 0. The smallest absolute Gasteiger partial charge is 0.355 e. The molecule has 0 fully saturated rings. The van der Waals surface area contributed by atoms with Crippen molar-refractivity contribution in [2.75, 3.05) is 11.9 Å². The van der Waals surface area contributed by atoms with Crippen LogP contribution in [0.1, 0.15) is 56.3 Å². The summed E-state index contributed by atoms with van der Waals surface area (Å²) in [6.45, 7) is 4.03. The number of carbonyl (C=O) groups is 4. The average molecular weight is 624 g/mol. The van der Waals surface area contributed by atoms with Crippen molar-refractivity contribution in [2.45, 2.75) is 33.1 Å². The Morgan fingerprint density at radius 3 is 2.60 bits per heavy atom. The molecule has 5 rings (SSSR count). The number of benzene rings is 2. The Kier molecular flexibility index (Phi) is 9.00. The van der Waals surface area contributed by atoms with Gasteiger partial charge < -0.3 is 14.8 Å². The second-order valence-electron chi connectivity index (χ2n) is 9.60. The second-order valence-corrected chi connectivity index (χ2v) is 12.1. The van der Waals surface area contributed by atoms with Crippen molar-refractivity contribution in [3.63, 3.8) is 0 Å². The Labute approximate surface area is 254 Å². The number of ether oxygens (including phenoxy) is 2. The maximum absolute atomic E-state index is 12.9. The van der Waals surface area contributed by atoms with E-state index in [0.29, 0.717) is 28.5 Å². The van der Waals surface area contributed by atoms with Gasteiger partial charge in [-0.05, 0) is 55.9 Å². The van der Waals surface area contributed by atoms with Crippen LogP contribution < -0.4 is 15.5 Å². The zero-order chi connectivity index (χ0) is 29.8. The van der Waals surface area contributed by atoms with E-state index in [0.717, 1.165) is 33.4 Å².